The Morgan fingerprint density at radius 1 is 1.24 bits per heavy atom. The first-order valence-corrected chi connectivity index (χ1v) is 7.72. The van der Waals surface area contributed by atoms with Gasteiger partial charge in [-0.25, -0.2) is 0 Å². The fraction of sp³-hybridized carbons (Fsp3) is 0.467. The van der Waals surface area contributed by atoms with E-state index in [0.29, 0.717) is 0 Å². The van der Waals surface area contributed by atoms with E-state index in [1.807, 2.05) is 6.08 Å². The zero-order chi connectivity index (χ0) is 15.3. The van der Waals surface area contributed by atoms with Crippen LogP contribution in [-0.2, 0) is 0 Å². The van der Waals surface area contributed by atoms with Gasteiger partial charge in [0.15, 0.2) is 0 Å². The van der Waals surface area contributed by atoms with Crippen molar-refractivity contribution < 1.29 is 13.2 Å². The molecular weight excluding hydrogens is 297 g/mol. The first-order valence-electron chi connectivity index (χ1n) is 6.91. The van der Waals surface area contributed by atoms with Crippen molar-refractivity contribution in [3.8, 4) is 0 Å². The quantitative estimate of drug-likeness (QED) is 0.657. The van der Waals surface area contributed by atoms with Gasteiger partial charge in [-0.3, -0.25) is 4.90 Å². The number of nitrogens with one attached hydrogen (secondary N) is 1. The van der Waals surface area contributed by atoms with Crippen molar-refractivity contribution in [3.05, 3.63) is 42.5 Å². The third-order valence-electron chi connectivity index (χ3n) is 3.48. The fourth-order valence-electron chi connectivity index (χ4n) is 2.54. The zero-order valence-corrected chi connectivity index (χ0v) is 12.5. The van der Waals surface area contributed by atoms with Gasteiger partial charge < -0.3 is 5.32 Å². The third kappa shape index (κ3) is 5.05. The number of rotatable bonds is 5. The van der Waals surface area contributed by atoms with E-state index < -0.39 is 5.51 Å². The molecule has 1 atom stereocenters. The lowest BCUT2D eigenvalue weighted by molar-refractivity contribution is -0.0328. The summed E-state index contributed by atoms with van der Waals surface area (Å²) in [4.78, 5) is 2.58. The summed E-state index contributed by atoms with van der Waals surface area (Å²) < 4.78 is 37.0. The van der Waals surface area contributed by atoms with Gasteiger partial charge in [0.1, 0.15) is 0 Å². The van der Waals surface area contributed by atoms with Gasteiger partial charge in [-0.15, -0.1) is 6.58 Å². The molecule has 1 fully saturated rings. The number of piperazine rings is 1. The highest BCUT2D eigenvalue weighted by molar-refractivity contribution is 8.00. The predicted octanol–water partition coefficient (Wildman–Crippen LogP) is 3.82. The summed E-state index contributed by atoms with van der Waals surface area (Å²) in [6, 6.07) is 6.88. The lowest BCUT2D eigenvalue weighted by atomic mass is 10.0. The molecule has 0 spiro atoms. The molecule has 6 heteroatoms. The molecular formula is C15H19F3N2S. The molecule has 116 valence electrons. The van der Waals surface area contributed by atoms with Gasteiger partial charge in [0.2, 0.25) is 0 Å². The minimum Gasteiger partial charge on any atom is -0.314 e. The van der Waals surface area contributed by atoms with Crippen LogP contribution in [-0.4, -0.2) is 36.6 Å². The molecule has 1 aliphatic rings. The molecule has 2 rings (SSSR count). The monoisotopic (exact) mass is 316 g/mol. The van der Waals surface area contributed by atoms with Crippen LogP contribution >= 0.6 is 11.8 Å². The Kier molecular flexibility index (Phi) is 5.72. The molecule has 1 aromatic carbocycles. The van der Waals surface area contributed by atoms with Gasteiger partial charge in [0.05, 0.1) is 0 Å². The van der Waals surface area contributed by atoms with Crippen molar-refractivity contribution in [3.63, 3.8) is 0 Å². The third-order valence-corrected chi connectivity index (χ3v) is 4.22. The Morgan fingerprint density at radius 2 is 1.86 bits per heavy atom. The van der Waals surface area contributed by atoms with Gasteiger partial charge >= 0.3 is 5.51 Å². The van der Waals surface area contributed by atoms with Crippen molar-refractivity contribution in [2.24, 2.45) is 0 Å². The van der Waals surface area contributed by atoms with E-state index in [4.69, 9.17) is 0 Å². The standard InChI is InChI=1S/C15H19F3N2S/c1-2-3-14(20-10-8-19-9-11-20)12-4-6-13(7-5-12)21-15(16,17)18/h2,4-7,14,19H,1,3,8-11H2/t14-/m1/s1. The number of halogens is 3. The maximum atomic E-state index is 12.3. The number of benzene rings is 1. The molecule has 1 heterocycles. The zero-order valence-electron chi connectivity index (χ0n) is 11.7. The Bertz CT molecular complexity index is 453. The Morgan fingerprint density at radius 3 is 2.38 bits per heavy atom. The lowest BCUT2D eigenvalue weighted by Crippen LogP contribution is -2.45. The molecule has 1 aromatic rings. The van der Waals surface area contributed by atoms with E-state index in [1.54, 1.807) is 24.3 Å². The SMILES string of the molecule is C=CC[C@H](c1ccc(SC(F)(F)F)cc1)N1CCNCC1. The van der Waals surface area contributed by atoms with Crippen LogP contribution in [0.15, 0.2) is 41.8 Å². The molecule has 0 aromatic heterocycles. The maximum absolute atomic E-state index is 12.3. The van der Waals surface area contributed by atoms with Crippen LogP contribution < -0.4 is 5.32 Å². The van der Waals surface area contributed by atoms with E-state index in [2.05, 4.69) is 16.8 Å². The van der Waals surface area contributed by atoms with Crippen molar-refractivity contribution in [2.45, 2.75) is 22.9 Å². The van der Waals surface area contributed by atoms with Crippen LogP contribution in [0.1, 0.15) is 18.0 Å². The summed E-state index contributed by atoms with van der Waals surface area (Å²) in [5, 5.41) is 3.30. The smallest absolute Gasteiger partial charge is 0.314 e. The fourth-order valence-corrected chi connectivity index (χ4v) is 3.08. The van der Waals surface area contributed by atoms with Gasteiger partial charge in [0, 0.05) is 37.1 Å². The molecule has 0 bridgehead atoms. The first kappa shape index (κ1) is 16.4. The highest BCUT2D eigenvalue weighted by Gasteiger charge is 2.29. The van der Waals surface area contributed by atoms with E-state index in [9.17, 15) is 13.2 Å². The molecule has 0 saturated carbocycles. The highest BCUT2D eigenvalue weighted by atomic mass is 32.2. The molecule has 1 aliphatic heterocycles. The van der Waals surface area contributed by atoms with Crippen LogP contribution in [0.2, 0.25) is 0 Å². The second-order valence-corrected chi connectivity index (χ2v) is 6.08. The predicted molar refractivity (Wildman–Crippen MR) is 80.4 cm³/mol. The molecule has 2 nitrogen and oxygen atoms in total. The van der Waals surface area contributed by atoms with Gasteiger partial charge in [-0.05, 0) is 35.9 Å². The summed E-state index contributed by atoms with van der Waals surface area (Å²) in [7, 11) is 0. The Labute approximate surface area is 127 Å². The summed E-state index contributed by atoms with van der Waals surface area (Å²) >= 11 is -0.0737. The van der Waals surface area contributed by atoms with E-state index in [0.717, 1.165) is 38.2 Å². The van der Waals surface area contributed by atoms with Gasteiger partial charge in [-0.1, -0.05) is 18.2 Å². The average Bonchev–Trinajstić information content (AvgIpc) is 2.45. The topological polar surface area (TPSA) is 15.3 Å². The first-order chi connectivity index (χ1) is 9.99. The largest absolute Gasteiger partial charge is 0.446 e. The average molecular weight is 316 g/mol. The summed E-state index contributed by atoms with van der Waals surface area (Å²) in [5.74, 6) is 0. The van der Waals surface area contributed by atoms with Crippen LogP contribution in [0.25, 0.3) is 0 Å². The number of nitrogens with zero attached hydrogens (tertiary/aromatic N) is 1. The molecule has 1 saturated heterocycles. The molecule has 0 unspecified atom stereocenters. The van der Waals surface area contributed by atoms with Crippen molar-refractivity contribution >= 4 is 11.8 Å². The van der Waals surface area contributed by atoms with Crippen LogP contribution in [0.4, 0.5) is 13.2 Å². The number of hydrogen-bond acceptors (Lipinski definition) is 3. The van der Waals surface area contributed by atoms with Gasteiger partial charge in [-0.2, -0.15) is 13.2 Å². The lowest BCUT2D eigenvalue weighted by Gasteiger charge is -2.34. The van der Waals surface area contributed by atoms with E-state index >= 15 is 0 Å². The van der Waals surface area contributed by atoms with E-state index in [1.165, 1.54) is 0 Å². The second kappa shape index (κ2) is 7.33. The summed E-state index contributed by atoms with van der Waals surface area (Å²) in [6.45, 7) is 7.56. The molecule has 0 aliphatic carbocycles. The second-order valence-electron chi connectivity index (χ2n) is 4.94. The van der Waals surface area contributed by atoms with Crippen molar-refractivity contribution in [2.75, 3.05) is 26.2 Å². The summed E-state index contributed by atoms with van der Waals surface area (Å²) in [5.41, 5.74) is -3.19. The van der Waals surface area contributed by atoms with Crippen molar-refractivity contribution in [1.29, 1.82) is 0 Å². The van der Waals surface area contributed by atoms with Crippen LogP contribution in [0.3, 0.4) is 0 Å². The number of alkyl halides is 3. The molecule has 0 radical (unpaired) electrons. The normalized spacial score (nSPS) is 18.4. The number of hydrogen-bond donors (Lipinski definition) is 1. The maximum Gasteiger partial charge on any atom is 0.446 e. The highest BCUT2D eigenvalue weighted by Crippen LogP contribution is 2.37. The number of thioether (sulfide) groups is 1. The minimum absolute atomic E-state index is 0.0737. The molecule has 1 N–H and O–H groups in total. The Hall–Kier alpha value is -0.980. The minimum atomic E-state index is -4.24. The summed E-state index contributed by atoms with van der Waals surface area (Å²) in [6.07, 6.45) is 2.66. The Balaban J connectivity index is 2.10. The van der Waals surface area contributed by atoms with Gasteiger partial charge in [0.25, 0.3) is 0 Å². The molecule has 0 amide bonds. The van der Waals surface area contributed by atoms with Crippen LogP contribution in [0.5, 0.6) is 0 Å². The van der Waals surface area contributed by atoms with Crippen molar-refractivity contribution in [1.82, 2.24) is 10.2 Å². The van der Waals surface area contributed by atoms with E-state index in [-0.39, 0.29) is 22.7 Å². The molecule has 21 heavy (non-hydrogen) atoms. The van der Waals surface area contributed by atoms with Crippen LogP contribution in [0, 0.1) is 0 Å².